The third kappa shape index (κ3) is 4.00. The zero-order valence-electron chi connectivity index (χ0n) is 13.2. The molecule has 0 aliphatic rings. The molecule has 1 amide bonds. The first-order chi connectivity index (χ1) is 11.7. The van der Waals surface area contributed by atoms with E-state index in [-0.39, 0.29) is 5.91 Å². The molecule has 0 aliphatic heterocycles. The molecule has 124 valence electrons. The number of hydrogen-bond acceptors (Lipinski definition) is 7. The summed E-state index contributed by atoms with van der Waals surface area (Å²) < 4.78 is 6.48. The fourth-order valence-corrected chi connectivity index (χ4v) is 2.31. The number of hydrogen-bond donors (Lipinski definition) is 1. The summed E-state index contributed by atoms with van der Waals surface area (Å²) in [5.41, 5.74) is 1.03. The van der Waals surface area contributed by atoms with Gasteiger partial charge in [-0.25, -0.2) is 4.68 Å². The van der Waals surface area contributed by atoms with Gasteiger partial charge in [0.25, 0.3) is 0 Å². The summed E-state index contributed by atoms with van der Waals surface area (Å²) in [4.78, 5) is 16.7. The highest BCUT2D eigenvalue weighted by molar-refractivity contribution is 5.80. The van der Waals surface area contributed by atoms with Crippen molar-refractivity contribution in [3.8, 4) is 0 Å². The van der Waals surface area contributed by atoms with Crippen molar-refractivity contribution < 1.29 is 9.32 Å². The fourth-order valence-electron chi connectivity index (χ4n) is 2.31. The molecule has 0 aliphatic carbocycles. The summed E-state index contributed by atoms with van der Waals surface area (Å²) in [5.74, 6) is 0.907. The van der Waals surface area contributed by atoms with Crippen molar-refractivity contribution in [3.05, 3.63) is 53.9 Å². The minimum absolute atomic E-state index is 0.164. The summed E-state index contributed by atoms with van der Waals surface area (Å²) in [6.45, 7) is 2.15. The van der Waals surface area contributed by atoms with Crippen LogP contribution in [0.2, 0.25) is 0 Å². The first-order valence-corrected chi connectivity index (χ1v) is 7.55. The zero-order valence-corrected chi connectivity index (χ0v) is 13.2. The van der Waals surface area contributed by atoms with Gasteiger partial charge in [0.05, 0.1) is 0 Å². The fraction of sp³-hybridized carbons (Fsp3) is 0.333. The van der Waals surface area contributed by atoms with Crippen LogP contribution in [-0.2, 0) is 17.6 Å². The van der Waals surface area contributed by atoms with E-state index in [1.54, 1.807) is 6.92 Å². The maximum atomic E-state index is 12.5. The molecule has 1 unspecified atom stereocenters. The van der Waals surface area contributed by atoms with Gasteiger partial charge in [-0.15, -0.1) is 5.10 Å². The first kappa shape index (κ1) is 15.8. The largest absolute Gasteiger partial charge is 0.354 e. The summed E-state index contributed by atoms with van der Waals surface area (Å²) in [6, 6.07) is 9.20. The van der Waals surface area contributed by atoms with Gasteiger partial charge >= 0.3 is 0 Å². The van der Waals surface area contributed by atoms with Crippen molar-refractivity contribution in [2.24, 2.45) is 0 Å². The summed E-state index contributed by atoms with van der Waals surface area (Å²) >= 11 is 0. The Balaban J connectivity index is 1.63. The van der Waals surface area contributed by atoms with Crippen LogP contribution < -0.4 is 5.32 Å². The van der Waals surface area contributed by atoms with Crippen LogP contribution in [0.4, 0.5) is 0 Å². The average Bonchev–Trinajstić information content (AvgIpc) is 3.25. The smallest absolute Gasteiger partial charge is 0.245 e. The zero-order chi connectivity index (χ0) is 16.8. The molecule has 1 N–H and O–H groups in total. The lowest BCUT2D eigenvalue weighted by Gasteiger charge is -2.16. The normalized spacial score (nSPS) is 12.0. The van der Waals surface area contributed by atoms with Crippen molar-refractivity contribution in [1.29, 1.82) is 0 Å². The van der Waals surface area contributed by atoms with Crippen molar-refractivity contribution in [2.45, 2.75) is 25.8 Å². The number of nitrogens with zero attached hydrogens (tertiary/aromatic N) is 6. The second-order valence-corrected chi connectivity index (χ2v) is 5.27. The Morgan fingerprint density at radius 3 is 2.83 bits per heavy atom. The topological polar surface area (TPSA) is 112 Å². The lowest BCUT2D eigenvalue weighted by molar-refractivity contribution is -0.124. The molecule has 0 spiro atoms. The third-order valence-electron chi connectivity index (χ3n) is 3.47. The van der Waals surface area contributed by atoms with Crippen LogP contribution in [0.1, 0.15) is 23.3 Å². The molecule has 3 aromatic rings. The number of tetrazole rings is 1. The highest BCUT2D eigenvalue weighted by Gasteiger charge is 2.22. The predicted molar refractivity (Wildman–Crippen MR) is 82.7 cm³/mol. The van der Waals surface area contributed by atoms with Gasteiger partial charge in [-0.1, -0.05) is 35.5 Å². The van der Waals surface area contributed by atoms with E-state index < -0.39 is 6.04 Å². The quantitative estimate of drug-likeness (QED) is 0.672. The highest BCUT2D eigenvalue weighted by atomic mass is 16.5. The standard InChI is InChI=1S/C15H17N7O2/c1-11-18-14(24-19-11)7-8-16-15(23)13(22-10-17-20-21-22)9-12-5-3-2-4-6-12/h2-6,10,13H,7-9H2,1H3,(H,16,23). The number of nitrogens with one attached hydrogen (secondary N) is 1. The third-order valence-corrected chi connectivity index (χ3v) is 3.47. The number of aromatic nitrogens is 6. The Labute approximate surface area is 138 Å². The molecule has 1 atom stereocenters. The first-order valence-electron chi connectivity index (χ1n) is 7.55. The molecule has 0 radical (unpaired) electrons. The van der Waals surface area contributed by atoms with E-state index in [0.29, 0.717) is 31.1 Å². The van der Waals surface area contributed by atoms with E-state index in [1.807, 2.05) is 30.3 Å². The molecular formula is C15H17N7O2. The predicted octanol–water partition coefficient (Wildman–Crippen LogP) is 0.507. The molecule has 24 heavy (non-hydrogen) atoms. The van der Waals surface area contributed by atoms with Gasteiger partial charge in [0, 0.05) is 19.4 Å². The Bertz CT molecular complexity index is 770. The van der Waals surface area contributed by atoms with Gasteiger partial charge in [-0.3, -0.25) is 4.79 Å². The number of rotatable bonds is 7. The van der Waals surface area contributed by atoms with Crippen LogP contribution in [0.3, 0.4) is 0 Å². The molecular weight excluding hydrogens is 310 g/mol. The Hall–Kier alpha value is -3.10. The van der Waals surface area contributed by atoms with Crippen LogP contribution in [0.5, 0.6) is 0 Å². The lowest BCUT2D eigenvalue weighted by atomic mass is 10.1. The van der Waals surface area contributed by atoms with Crippen LogP contribution >= 0.6 is 0 Å². The van der Waals surface area contributed by atoms with Gasteiger partial charge in [0.2, 0.25) is 11.8 Å². The van der Waals surface area contributed by atoms with Crippen LogP contribution in [0, 0.1) is 6.92 Å². The number of benzene rings is 1. The second-order valence-electron chi connectivity index (χ2n) is 5.27. The van der Waals surface area contributed by atoms with E-state index in [2.05, 4.69) is 31.0 Å². The monoisotopic (exact) mass is 327 g/mol. The maximum absolute atomic E-state index is 12.5. The molecule has 1 aromatic carbocycles. The van der Waals surface area contributed by atoms with Crippen molar-refractivity contribution in [1.82, 2.24) is 35.7 Å². The van der Waals surface area contributed by atoms with Crippen molar-refractivity contribution in [2.75, 3.05) is 6.54 Å². The second kappa shape index (κ2) is 7.44. The molecule has 9 nitrogen and oxygen atoms in total. The summed E-state index contributed by atoms with van der Waals surface area (Å²) in [6.07, 6.45) is 2.41. The summed E-state index contributed by atoms with van der Waals surface area (Å²) in [7, 11) is 0. The number of aryl methyl sites for hydroxylation is 1. The maximum Gasteiger partial charge on any atom is 0.245 e. The Kier molecular flexibility index (Phi) is 4.90. The number of carbonyl (C=O) groups excluding carboxylic acids is 1. The van der Waals surface area contributed by atoms with Gasteiger partial charge in [-0.05, 0) is 22.9 Å². The van der Waals surface area contributed by atoms with Crippen molar-refractivity contribution in [3.63, 3.8) is 0 Å². The molecule has 0 fully saturated rings. The van der Waals surface area contributed by atoms with Crippen LogP contribution in [-0.4, -0.2) is 42.8 Å². The van der Waals surface area contributed by atoms with E-state index in [0.717, 1.165) is 5.56 Å². The van der Waals surface area contributed by atoms with Crippen LogP contribution in [0.25, 0.3) is 0 Å². The lowest BCUT2D eigenvalue weighted by Crippen LogP contribution is -2.35. The Morgan fingerprint density at radius 2 is 2.17 bits per heavy atom. The van der Waals surface area contributed by atoms with E-state index in [9.17, 15) is 4.79 Å². The van der Waals surface area contributed by atoms with E-state index in [4.69, 9.17) is 4.52 Å². The molecule has 9 heteroatoms. The van der Waals surface area contributed by atoms with E-state index in [1.165, 1.54) is 11.0 Å². The van der Waals surface area contributed by atoms with Gasteiger partial charge in [0.15, 0.2) is 5.82 Å². The van der Waals surface area contributed by atoms with Crippen molar-refractivity contribution >= 4 is 5.91 Å². The van der Waals surface area contributed by atoms with Crippen LogP contribution in [0.15, 0.2) is 41.2 Å². The molecule has 0 bridgehead atoms. The molecule has 0 saturated carbocycles. The molecule has 2 aromatic heterocycles. The SMILES string of the molecule is Cc1noc(CCNC(=O)C(Cc2ccccc2)n2cnnn2)n1. The minimum atomic E-state index is -0.521. The Morgan fingerprint density at radius 1 is 1.33 bits per heavy atom. The molecule has 2 heterocycles. The molecule has 3 rings (SSSR count). The highest BCUT2D eigenvalue weighted by Crippen LogP contribution is 2.13. The van der Waals surface area contributed by atoms with Gasteiger partial charge in [0.1, 0.15) is 12.4 Å². The van der Waals surface area contributed by atoms with E-state index >= 15 is 0 Å². The summed E-state index contributed by atoms with van der Waals surface area (Å²) in [5, 5.41) is 17.7. The minimum Gasteiger partial charge on any atom is -0.354 e. The molecule has 0 saturated heterocycles. The van der Waals surface area contributed by atoms with Gasteiger partial charge in [-0.2, -0.15) is 4.98 Å². The van der Waals surface area contributed by atoms with Gasteiger partial charge < -0.3 is 9.84 Å². The number of carbonyl (C=O) groups is 1. The average molecular weight is 327 g/mol. The number of amides is 1.